The molecule has 0 aliphatic carbocycles. The summed E-state index contributed by atoms with van der Waals surface area (Å²) < 4.78 is 5.68. The fourth-order valence-electron chi connectivity index (χ4n) is 3.48. The maximum Gasteiger partial charge on any atom is 0.220 e. The average Bonchev–Trinajstić information content (AvgIpc) is 2.87. The highest BCUT2D eigenvalue weighted by Gasteiger charge is 2.43. The number of aryl methyl sites for hydroxylation is 1. The van der Waals surface area contributed by atoms with Gasteiger partial charge >= 0.3 is 0 Å². The standard InChI is InChI=1S/C15H23N3O2S/c1-12-16-14(10-21-12)9-17-5-3-15(4-6-17)11-20-8-7-18(15)13(2)19/h10H,3-9,11H2,1-2H3. The van der Waals surface area contributed by atoms with Crippen molar-refractivity contribution in [3.05, 3.63) is 16.1 Å². The van der Waals surface area contributed by atoms with Gasteiger partial charge in [-0.05, 0) is 19.8 Å². The Balaban J connectivity index is 1.62. The first-order chi connectivity index (χ1) is 10.1. The van der Waals surface area contributed by atoms with E-state index < -0.39 is 0 Å². The average molecular weight is 309 g/mol. The molecule has 0 atom stereocenters. The van der Waals surface area contributed by atoms with Gasteiger partial charge in [0.05, 0.1) is 29.5 Å². The van der Waals surface area contributed by atoms with Crippen LogP contribution in [0, 0.1) is 6.92 Å². The highest BCUT2D eigenvalue weighted by atomic mass is 32.1. The molecule has 0 unspecified atom stereocenters. The summed E-state index contributed by atoms with van der Waals surface area (Å²) in [5, 5.41) is 3.27. The van der Waals surface area contributed by atoms with E-state index >= 15 is 0 Å². The Morgan fingerprint density at radius 3 is 2.81 bits per heavy atom. The van der Waals surface area contributed by atoms with Crippen molar-refractivity contribution in [1.82, 2.24) is 14.8 Å². The van der Waals surface area contributed by atoms with Gasteiger partial charge in [-0.1, -0.05) is 0 Å². The number of carbonyl (C=O) groups is 1. The first kappa shape index (κ1) is 14.9. The van der Waals surface area contributed by atoms with Crippen LogP contribution in [0.1, 0.15) is 30.5 Å². The van der Waals surface area contributed by atoms with Crippen LogP contribution in [0.3, 0.4) is 0 Å². The zero-order valence-corrected chi connectivity index (χ0v) is 13.6. The lowest BCUT2D eigenvalue weighted by Gasteiger charge is -2.50. The number of nitrogens with zero attached hydrogens (tertiary/aromatic N) is 3. The summed E-state index contributed by atoms with van der Waals surface area (Å²) in [6.45, 7) is 8.75. The predicted molar refractivity (Wildman–Crippen MR) is 82.3 cm³/mol. The summed E-state index contributed by atoms with van der Waals surface area (Å²) in [6.07, 6.45) is 1.99. The summed E-state index contributed by atoms with van der Waals surface area (Å²) >= 11 is 1.71. The number of likely N-dealkylation sites (tertiary alicyclic amines) is 1. The number of ether oxygens (including phenoxy) is 1. The lowest BCUT2D eigenvalue weighted by Crippen LogP contribution is -2.62. The zero-order valence-electron chi connectivity index (χ0n) is 12.8. The van der Waals surface area contributed by atoms with Gasteiger partial charge in [0.15, 0.2) is 0 Å². The van der Waals surface area contributed by atoms with E-state index in [2.05, 4.69) is 15.3 Å². The summed E-state index contributed by atoms with van der Waals surface area (Å²) in [4.78, 5) is 20.9. The monoisotopic (exact) mass is 309 g/mol. The summed E-state index contributed by atoms with van der Waals surface area (Å²) in [5.41, 5.74) is 1.09. The topological polar surface area (TPSA) is 45.7 Å². The molecule has 0 N–H and O–H groups in total. The molecule has 2 aliphatic heterocycles. The van der Waals surface area contributed by atoms with E-state index in [1.807, 2.05) is 11.8 Å². The lowest BCUT2D eigenvalue weighted by atomic mass is 9.85. The number of aromatic nitrogens is 1. The second-order valence-electron chi connectivity index (χ2n) is 6.08. The van der Waals surface area contributed by atoms with Crippen LogP contribution in [0.5, 0.6) is 0 Å². The molecule has 2 fully saturated rings. The van der Waals surface area contributed by atoms with Crippen LogP contribution >= 0.6 is 11.3 Å². The largest absolute Gasteiger partial charge is 0.377 e. The van der Waals surface area contributed by atoms with Crippen molar-refractivity contribution in [2.75, 3.05) is 32.8 Å². The fraction of sp³-hybridized carbons (Fsp3) is 0.733. The van der Waals surface area contributed by atoms with E-state index in [4.69, 9.17) is 4.74 Å². The van der Waals surface area contributed by atoms with Gasteiger partial charge in [0.2, 0.25) is 5.91 Å². The van der Waals surface area contributed by atoms with Crippen molar-refractivity contribution >= 4 is 17.2 Å². The van der Waals surface area contributed by atoms with E-state index in [0.29, 0.717) is 13.2 Å². The van der Waals surface area contributed by atoms with Crippen molar-refractivity contribution in [3.63, 3.8) is 0 Å². The van der Waals surface area contributed by atoms with Crippen LogP contribution in [0.25, 0.3) is 0 Å². The third kappa shape index (κ3) is 3.12. The van der Waals surface area contributed by atoms with Gasteiger partial charge in [0.1, 0.15) is 0 Å². The van der Waals surface area contributed by atoms with Crippen LogP contribution in [0.4, 0.5) is 0 Å². The highest BCUT2D eigenvalue weighted by molar-refractivity contribution is 7.09. The van der Waals surface area contributed by atoms with Crippen molar-refractivity contribution in [3.8, 4) is 0 Å². The molecule has 1 spiro atoms. The van der Waals surface area contributed by atoms with Gasteiger partial charge < -0.3 is 9.64 Å². The Morgan fingerprint density at radius 2 is 2.19 bits per heavy atom. The first-order valence-corrected chi connectivity index (χ1v) is 8.46. The molecule has 3 rings (SSSR count). The van der Waals surface area contributed by atoms with Crippen molar-refractivity contribution in [1.29, 1.82) is 0 Å². The summed E-state index contributed by atoms with van der Waals surface area (Å²) in [6, 6.07) is 0. The van der Waals surface area contributed by atoms with E-state index in [1.54, 1.807) is 18.3 Å². The van der Waals surface area contributed by atoms with Crippen LogP contribution in [-0.4, -0.2) is 59.1 Å². The second kappa shape index (κ2) is 6.02. The molecule has 0 bridgehead atoms. The molecule has 5 nitrogen and oxygen atoms in total. The third-order valence-electron chi connectivity index (χ3n) is 4.62. The van der Waals surface area contributed by atoms with Crippen LogP contribution < -0.4 is 0 Å². The minimum atomic E-state index is -0.0709. The molecule has 21 heavy (non-hydrogen) atoms. The SMILES string of the molecule is CC(=O)N1CCOCC12CCN(Cc1csc(C)n1)CC2. The molecule has 0 aromatic carbocycles. The van der Waals surface area contributed by atoms with Gasteiger partial charge in [-0.2, -0.15) is 0 Å². The molecule has 3 heterocycles. The van der Waals surface area contributed by atoms with Crippen molar-refractivity contribution in [2.45, 2.75) is 38.8 Å². The van der Waals surface area contributed by atoms with E-state index in [-0.39, 0.29) is 11.4 Å². The number of piperidine rings is 1. The summed E-state index contributed by atoms with van der Waals surface area (Å²) in [7, 11) is 0. The second-order valence-corrected chi connectivity index (χ2v) is 7.14. The molecule has 116 valence electrons. The molecule has 2 saturated heterocycles. The van der Waals surface area contributed by atoms with Gasteiger partial charge in [-0.15, -0.1) is 11.3 Å². The summed E-state index contributed by atoms with van der Waals surface area (Å²) in [5.74, 6) is 0.182. The molecule has 0 saturated carbocycles. The van der Waals surface area contributed by atoms with E-state index in [9.17, 15) is 4.79 Å². The number of rotatable bonds is 2. The van der Waals surface area contributed by atoms with Gasteiger partial charge in [-0.25, -0.2) is 4.98 Å². The quantitative estimate of drug-likeness (QED) is 0.833. The number of carbonyl (C=O) groups excluding carboxylic acids is 1. The van der Waals surface area contributed by atoms with Gasteiger partial charge in [0, 0.05) is 38.5 Å². The number of thiazole rings is 1. The molecule has 6 heteroatoms. The van der Waals surface area contributed by atoms with E-state index in [0.717, 1.165) is 49.7 Å². The normalized spacial score (nSPS) is 22.7. The van der Waals surface area contributed by atoms with Crippen molar-refractivity contribution in [2.24, 2.45) is 0 Å². The Kier molecular flexibility index (Phi) is 4.28. The fourth-order valence-corrected chi connectivity index (χ4v) is 4.08. The molecular formula is C15H23N3O2S. The van der Waals surface area contributed by atoms with Gasteiger partial charge in [0.25, 0.3) is 0 Å². The lowest BCUT2D eigenvalue weighted by molar-refractivity contribution is -0.152. The van der Waals surface area contributed by atoms with Crippen LogP contribution in [0.15, 0.2) is 5.38 Å². The predicted octanol–water partition coefficient (Wildman–Crippen LogP) is 1.66. The molecular weight excluding hydrogens is 286 g/mol. The molecule has 1 aromatic heterocycles. The maximum absolute atomic E-state index is 11.9. The Morgan fingerprint density at radius 1 is 1.43 bits per heavy atom. The molecule has 2 aliphatic rings. The number of amides is 1. The van der Waals surface area contributed by atoms with E-state index in [1.165, 1.54) is 0 Å². The smallest absolute Gasteiger partial charge is 0.220 e. The van der Waals surface area contributed by atoms with Crippen LogP contribution in [-0.2, 0) is 16.1 Å². The zero-order chi connectivity index (χ0) is 14.9. The molecule has 1 aromatic rings. The Labute approximate surface area is 129 Å². The first-order valence-electron chi connectivity index (χ1n) is 7.58. The Hall–Kier alpha value is -0.980. The van der Waals surface area contributed by atoms with Gasteiger partial charge in [-0.3, -0.25) is 9.69 Å². The van der Waals surface area contributed by atoms with Crippen LogP contribution in [0.2, 0.25) is 0 Å². The third-order valence-corrected chi connectivity index (χ3v) is 5.44. The van der Waals surface area contributed by atoms with Crippen molar-refractivity contribution < 1.29 is 9.53 Å². The number of morpholine rings is 1. The minimum Gasteiger partial charge on any atom is -0.377 e. The maximum atomic E-state index is 11.9. The minimum absolute atomic E-state index is 0.0709. The number of hydrogen-bond donors (Lipinski definition) is 0. The highest BCUT2D eigenvalue weighted by Crippen LogP contribution is 2.32. The molecule has 0 radical (unpaired) electrons. The molecule has 1 amide bonds. The Bertz CT molecular complexity index is 509. The number of hydrogen-bond acceptors (Lipinski definition) is 5.